The number of hydrogen-bond acceptors (Lipinski definition) is 13. The zero-order chi connectivity index (χ0) is 27.7. The van der Waals surface area contributed by atoms with Gasteiger partial charge in [-0.25, -0.2) is 29.5 Å². The van der Waals surface area contributed by atoms with Crippen molar-refractivity contribution in [2.75, 3.05) is 17.2 Å². The molecule has 0 spiro atoms. The first-order chi connectivity index (χ1) is 18.1. The van der Waals surface area contributed by atoms with Crippen molar-refractivity contribution in [3.05, 3.63) is 84.7 Å². The summed E-state index contributed by atoms with van der Waals surface area (Å²) in [6.07, 6.45) is 7.16. The van der Waals surface area contributed by atoms with Gasteiger partial charge in [0, 0.05) is 18.0 Å². The van der Waals surface area contributed by atoms with Gasteiger partial charge in [-0.15, -0.1) is 0 Å². The largest absolute Gasteiger partial charge is 0.383 e. The smallest absolute Gasteiger partial charge is 0.346 e. The number of nitrogens with zero attached hydrogens (tertiary/aromatic N) is 6. The normalized spacial score (nSPS) is 9.67. The minimum absolute atomic E-state index is 0. The standard InChI is InChI=1S/C5H5N5O.C5H5N5.C5H6N2O2.C4H5N3O.H3P/c6-5-9-3-2(4(11)10-5)7-1-8-3;6-4-3-5(9-1-7-3)10-2-8-4;1-3-2-6-5(9)7-4(3)8;5-3-1-2-6-4(8)7-3;/h1H,(H4,6,7,8,9,10,11);1-2H,(H3,6,7,8,9,10);2H,1H3,(H2,6,7,8,9);1-2H,(H3,5,6,7,8);1H3. The van der Waals surface area contributed by atoms with Gasteiger partial charge in [-0.3, -0.25) is 19.6 Å². The summed E-state index contributed by atoms with van der Waals surface area (Å²) in [6.45, 7) is 1.62. The van der Waals surface area contributed by atoms with Crippen LogP contribution in [0.3, 0.4) is 0 Å². The predicted octanol–water partition coefficient (Wildman–Crippen LogP) is -2.05. The number of hydrogen-bond donors (Lipinski definition) is 9. The molecule has 19 nitrogen and oxygen atoms in total. The lowest BCUT2D eigenvalue weighted by molar-refractivity contribution is 1.01. The van der Waals surface area contributed by atoms with Crippen molar-refractivity contribution < 1.29 is 0 Å². The van der Waals surface area contributed by atoms with Crippen molar-refractivity contribution in [1.82, 2.24) is 59.8 Å². The van der Waals surface area contributed by atoms with E-state index in [2.05, 4.69) is 59.8 Å². The van der Waals surface area contributed by atoms with E-state index in [0.29, 0.717) is 28.2 Å². The summed E-state index contributed by atoms with van der Waals surface area (Å²) in [5.41, 5.74) is 16.8. The summed E-state index contributed by atoms with van der Waals surface area (Å²) < 4.78 is 0. The zero-order valence-corrected chi connectivity index (χ0v) is 21.6. The fourth-order valence-electron chi connectivity index (χ4n) is 2.51. The molecule has 204 valence electrons. The van der Waals surface area contributed by atoms with Crippen molar-refractivity contribution in [3.63, 3.8) is 0 Å². The van der Waals surface area contributed by atoms with Crippen LogP contribution in [-0.4, -0.2) is 59.8 Å². The molecule has 0 aliphatic rings. The highest BCUT2D eigenvalue weighted by atomic mass is 31.0. The monoisotopic (exact) mass is 557 g/mol. The van der Waals surface area contributed by atoms with Gasteiger partial charge in [0.15, 0.2) is 22.6 Å². The maximum absolute atomic E-state index is 11.0. The van der Waals surface area contributed by atoms with Crippen LogP contribution in [0.1, 0.15) is 5.56 Å². The number of aromatic amines is 6. The van der Waals surface area contributed by atoms with Crippen molar-refractivity contribution in [3.8, 4) is 0 Å². The molecule has 1 unspecified atom stereocenters. The van der Waals surface area contributed by atoms with Gasteiger partial charge >= 0.3 is 11.4 Å². The second-order valence-corrected chi connectivity index (χ2v) is 6.98. The fourth-order valence-corrected chi connectivity index (χ4v) is 2.51. The maximum Gasteiger partial charge on any atom is 0.346 e. The second kappa shape index (κ2) is 13.6. The van der Waals surface area contributed by atoms with Crippen molar-refractivity contribution in [1.29, 1.82) is 0 Å². The Morgan fingerprint density at radius 2 is 1.44 bits per heavy atom. The summed E-state index contributed by atoms with van der Waals surface area (Å²) in [5.74, 6) is 0.742. The van der Waals surface area contributed by atoms with Crippen LogP contribution in [0.5, 0.6) is 0 Å². The molecule has 0 fully saturated rings. The third kappa shape index (κ3) is 8.43. The maximum atomic E-state index is 11.0. The Labute approximate surface area is 218 Å². The number of nitrogen functional groups attached to an aromatic ring is 3. The Morgan fingerprint density at radius 1 is 0.744 bits per heavy atom. The van der Waals surface area contributed by atoms with Gasteiger partial charge in [-0.2, -0.15) is 19.9 Å². The lowest BCUT2D eigenvalue weighted by atomic mass is 10.4. The van der Waals surface area contributed by atoms with Crippen LogP contribution in [0.25, 0.3) is 22.3 Å². The van der Waals surface area contributed by atoms with E-state index in [1.54, 1.807) is 6.92 Å². The Balaban J connectivity index is 0.000000182. The Kier molecular flexibility index (Phi) is 10.3. The van der Waals surface area contributed by atoms with E-state index in [1.165, 1.54) is 37.4 Å². The van der Waals surface area contributed by atoms with E-state index in [0.717, 1.165) is 0 Å². The topological polar surface area (TPSA) is 318 Å². The fraction of sp³-hybridized carbons (Fsp3) is 0.0526. The summed E-state index contributed by atoms with van der Waals surface area (Å²) in [7, 11) is 0. The Morgan fingerprint density at radius 3 is 2.03 bits per heavy atom. The minimum Gasteiger partial charge on any atom is -0.383 e. The molecule has 0 saturated heterocycles. The van der Waals surface area contributed by atoms with Gasteiger partial charge in [-0.05, 0) is 13.0 Å². The first-order valence-electron chi connectivity index (χ1n) is 10.3. The minimum atomic E-state index is -0.467. The summed E-state index contributed by atoms with van der Waals surface area (Å²) in [4.78, 5) is 79.1. The molecule has 1 atom stereocenters. The zero-order valence-electron chi connectivity index (χ0n) is 20.2. The van der Waals surface area contributed by atoms with Crippen LogP contribution in [0.2, 0.25) is 0 Å². The third-order valence-electron chi connectivity index (χ3n) is 4.25. The number of nitrogens with two attached hydrogens (primary N) is 3. The number of imidazole rings is 2. The molecule has 12 N–H and O–H groups in total. The molecule has 0 aromatic carbocycles. The van der Waals surface area contributed by atoms with E-state index in [1.807, 2.05) is 0 Å². The van der Waals surface area contributed by atoms with Gasteiger partial charge in [0.05, 0.1) is 12.7 Å². The molecule has 6 aromatic rings. The molecular formula is C19H24N15O4P. The number of nitrogens with one attached hydrogen (secondary N) is 6. The second-order valence-electron chi connectivity index (χ2n) is 6.98. The van der Waals surface area contributed by atoms with Crippen LogP contribution in [-0.2, 0) is 0 Å². The molecule has 6 rings (SSSR count). The van der Waals surface area contributed by atoms with Crippen LogP contribution in [0.15, 0.2) is 56.6 Å². The number of aromatic nitrogens is 12. The average Bonchev–Trinajstić information content (AvgIpc) is 3.53. The van der Waals surface area contributed by atoms with Crippen LogP contribution >= 0.6 is 9.90 Å². The van der Waals surface area contributed by atoms with Gasteiger partial charge in [0.1, 0.15) is 17.7 Å². The SMILES string of the molecule is Cc1c[nH]c(=O)[nH]c1=O.Nc1cc[nH]c(=O)n1.Nc1nc2[nH]cnc2c(=O)[nH]1.Nc1ncnc2[nH]cnc12.P. The number of fused-ring (bicyclic) bond motifs is 2. The molecule has 0 aliphatic carbocycles. The first kappa shape index (κ1) is 29.5. The highest BCUT2D eigenvalue weighted by Crippen LogP contribution is 2.09. The molecule has 0 aliphatic heterocycles. The van der Waals surface area contributed by atoms with Gasteiger partial charge < -0.3 is 37.1 Å². The quantitative estimate of drug-likeness (QED) is 0.0908. The number of aryl methyl sites for hydroxylation is 1. The Bertz CT molecular complexity index is 1880. The van der Waals surface area contributed by atoms with E-state index >= 15 is 0 Å². The lowest BCUT2D eigenvalue weighted by Crippen LogP contribution is -2.22. The summed E-state index contributed by atoms with van der Waals surface area (Å²) >= 11 is 0. The number of anilines is 3. The summed E-state index contributed by atoms with van der Waals surface area (Å²) in [5, 5.41) is 0. The average molecular weight is 557 g/mol. The molecular weight excluding hydrogens is 533 g/mol. The van der Waals surface area contributed by atoms with Crippen LogP contribution < -0.4 is 39.7 Å². The van der Waals surface area contributed by atoms with Crippen molar-refractivity contribution in [2.45, 2.75) is 6.92 Å². The number of H-pyrrole nitrogens is 6. The van der Waals surface area contributed by atoms with E-state index in [4.69, 9.17) is 17.2 Å². The molecule has 0 bridgehead atoms. The molecule has 0 amide bonds. The van der Waals surface area contributed by atoms with E-state index in [9.17, 15) is 19.2 Å². The van der Waals surface area contributed by atoms with Gasteiger partial charge in [0.2, 0.25) is 5.95 Å². The van der Waals surface area contributed by atoms with Gasteiger partial charge in [-0.1, -0.05) is 0 Å². The Hall–Kier alpha value is -5.71. The number of rotatable bonds is 0. The lowest BCUT2D eigenvalue weighted by Gasteiger charge is -1.89. The van der Waals surface area contributed by atoms with E-state index < -0.39 is 11.4 Å². The highest BCUT2D eigenvalue weighted by Gasteiger charge is 2.02. The molecule has 20 heteroatoms. The molecule has 39 heavy (non-hydrogen) atoms. The highest BCUT2D eigenvalue weighted by molar-refractivity contribution is 6.92. The van der Waals surface area contributed by atoms with Crippen molar-refractivity contribution >= 4 is 49.8 Å². The third-order valence-corrected chi connectivity index (χ3v) is 4.25. The molecule has 6 aromatic heterocycles. The van der Waals surface area contributed by atoms with Crippen LogP contribution in [0, 0.1) is 6.92 Å². The van der Waals surface area contributed by atoms with Crippen LogP contribution in [0.4, 0.5) is 17.6 Å². The first-order valence-corrected chi connectivity index (χ1v) is 10.3. The predicted molar refractivity (Wildman–Crippen MR) is 148 cm³/mol. The van der Waals surface area contributed by atoms with Gasteiger partial charge in [0.25, 0.3) is 11.1 Å². The molecule has 0 radical (unpaired) electrons. The molecule has 6 heterocycles. The van der Waals surface area contributed by atoms with E-state index in [-0.39, 0.29) is 38.3 Å². The summed E-state index contributed by atoms with van der Waals surface area (Å²) in [6, 6.07) is 1.52. The molecule has 0 saturated carbocycles. The van der Waals surface area contributed by atoms with Crippen molar-refractivity contribution in [2.24, 2.45) is 0 Å².